The zero-order valence-corrected chi connectivity index (χ0v) is 32.0. The molecular formula is C40H45N5O7S2. The van der Waals surface area contributed by atoms with Crippen LogP contribution in [0.15, 0.2) is 90.0 Å². The van der Waals surface area contributed by atoms with E-state index >= 15 is 0 Å². The highest BCUT2D eigenvalue weighted by atomic mass is 32.2. The number of fused-ring (bicyclic) bond motifs is 2. The van der Waals surface area contributed by atoms with Crippen molar-refractivity contribution in [1.29, 1.82) is 5.41 Å². The van der Waals surface area contributed by atoms with Crippen LogP contribution in [-0.2, 0) is 36.2 Å². The van der Waals surface area contributed by atoms with Gasteiger partial charge in [-0.25, -0.2) is 18.0 Å². The fraction of sp³-hybridized carbons (Fsp3) is 0.325. The second-order valence-corrected chi connectivity index (χ2v) is 16.0. The smallest absolute Gasteiger partial charge is 0.412 e. The number of thiophene rings is 1. The number of anilines is 1. The van der Waals surface area contributed by atoms with Crippen molar-refractivity contribution in [3.8, 4) is 0 Å². The summed E-state index contributed by atoms with van der Waals surface area (Å²) in [6.07, 6.45) is 8.41. The average molecular weight is 772 g/mol. The Balaban J connectivity index is 1.33. The van der Waals surface area contributed by atoms with Crippen LogP contribution in [0.3, 0.4) is 0 Å². The molecule has 5 aromatic rings. The number of nitrogens with two attached hydrogens (primary N) is 1. The summed E-state index contributed by atoms with van der Waals surface area (Å²) in [6, 6.07) is 21.4. The van der Waals surface area contributed by atoms with Gasteiger partial charge in [-0.1, -0.05) is 81.5 Å². The Labute approximate surface area is 319 Å². The number of nitrogens with zero attached hydrogens (tertiary/aromatic N) is 2. The standard InChI is InChI=1S/C40H45N5O7S2/c1-3-5-6-7-8-9-23-52-39(48)44-35-21-19-31(53-35)25-45(27-41)37(46)33-16-10-14-29-24-30(18-20-32(29)33)40(42,38(47)51-4-2)26-54(49,50)34-17-11-13-28-15-12-22-43-36(28)34/h10-22,24,27,41H,3-9,23,25-26,42H2,1-2H3,(H,44,48). The van der Waals surface area contributed by atoms with E-state index in [0.717, 1.165) is 30.5 Å². The summed E-state index contributed by atoms with van der Waals surface area (Å²) >= 11 is 1.27. The molecule has 54 heavy (non-hydrogen) atoms. The molecule has 0 saturated heterocycles. The molecule has 0 spiro atoms. The van der Waals surface area contributed by atoms with Gasteiger partial charge in [0.1, 0.15) is 0 Å². The summed E-state index contributed by atoms with van der Waals surface area (Å²) in [4.78, 5) is 45.8. The van der Waals surface area contributed by atoms with Crippen LogP contribution in [0.1, 0.15) is 73.2 Å². The van der Waals surface area contributed by atoms with Gasteiger partial charge in [-0.2, -0.15) is 0 Å². The van der Waals surface area contributed by atoms with Crippen molar-refractivity contribution in [3.63, 3.8) is 0 Å². The average Bonchev–Trinajstić information content (AvgIpc) is 3.61. The van der Waals surface area contributed by atoms with E-state index in [2.05, 4.69) is 17.2 Å². The molecule has 14 heteroatoms. The monoisotopic (exact) mass is 771 g/mol. The Kier molecular flexibility index (Phi) is 13.5. The van der Waals surface area contributed by atoms with Crippen molar-refractivity contribution in [2.24, 2.45) is 5.73 Å². The first-order valence-corrected chi connectivity index (χ1v) is 20.4. The predicted molar refractivity (Wildman–Crippen MR) is 212 cm³/mol. The minimum atomic E-state index is -4.19. The van der Waals surface area contributed by atoms with Gasteiger partial charge in [0.2, 0.25) is 0 Å². The number of aromatic nitrogens is 1. The fourth-order valence-electron chi connectivity index (χ4n) is 6.19. The minimum Gasteiger partial charge on any atom is -0.464 e. The van der Waals surface area contributed by atoms with E-state index in [9.17, 15) is 22.8 Å². The summed E-state index contributed by atoms with van der Waals surface area (Å²) < 4.78 is 38.5. The molecule has 2 amide bonds. The molecule has 5 rings (SSSR count). The number of unbranched alkanes of at least 4 members (excludes halogenated alkanes) is 5. The Morgan fingerprint density at radius 2 is 1.67 bits per heavy atom. The van der Waals surface area contributed by atoms with Crippen LogP contribution < -0.4 is 11.1 Å². The third-order valence-electron chi connectivity index (χ3n) is 8.97. The molecule has 0 aliphatic carbocycles. The number of carbonyl (C=O) groups excluding carboxylic acids is 3. The van der Waals surface area contributed by atoms with Crippen molar-refractivity contribution in [3.05, 3.63) is 101 Å². The van der Waals surface area contributed by atoms with E-state index in [1.165, 1.54) is 53.8 Å². The summed E-state index contributed by atoms with van der Waals surface area (Å²) in [7, 11) is -4.19. The molecule has 2 heterocycles. The number of amides is 2. The molecule has 1 atom stereocenters. The molecular weight excluding hydrogens is 727 g/mol. The molecule has 0 aliphatic rings. The van der Waals surface area contributed by atoms with Crippen molar-refractivity contribution >= 4 is 72.2 Å². The SMILES string of the molecule is CCCCCCCCOC(=O)Nc1ccc(CN(C=N)C(=O)c2cccc3cc(C(N)(CS(=O)(=O)c4cccc5cccnc45)C(=O)OCC)ccc23)s1. The van der Waals surface area contributed by atoms with E-state index < -0.39 is 39.1 Å². The topological polar surface area (TPSA) is 182 Å². The number of hydrogen-bond donors (Lipinski definition) is 3. The van der Waals surface area contributed by atoms with Crippen LogP contribution in [0, 0.1) is 5.41 Å². The van der Waals surface area contributed by atoms with Gasteiger partial charge in [0, 0.05) is 22.0 Å². The lowest BCUT2D eigenvalue weighted by molar-refractivity contribution is -0.149. The van der Waals surface area contributed by atoms with Gasteiger partial charge < -0.3 is 15.2 Å². The third kappa shape index (κ3) is 9.48. The highest BCUT2D eigenvalue weighted by Crippen LogP contribution is 2.32. The van der Waals surface area contributed by atoms with Gasteiger partial charge in [0.15, 0.2) is 15.4 Å². The Bertz CT molecular complexity index is 2240. The molecule has 3 aromatic carbocycles. The van der Waals surface area contributed by atoms with Crippen LogP contribution in [0.4, 0.5) is 9.80 Å². The minimum absolute atomic E-state index is 0.0233. The van der Waals surface area contributed by atoms with Crippen molar-refractivity contribution < 1.29 is 32.3 Å². The highest BCUT2D eigenvalue weighted by molar-refractivity contribution is 7.91. The van der Waals surface area contributed by atoms with Crippen LogP contribution >= 0.6 is 11.3 Å². The number of hydrogen-bond acceptors (Lipinski definition) is 11. The van der Waals surface area contributed by atoms with E-state index in [0.29, 0.717) is 27.8 Å². The molecule has 0 radical (unpaired) electrons. The number of carbonyl (C=O) groups is 3. The molecule has 0 saturated carbocycles. The summed E-state index contributed by atoms with van der Waals surface area (Å²) in [5, 5.41) is 13.0. The number of nitrogens with one attached hydrogen (secondary N) is 2. The van der Waals surface area contributed by atoms with Crippen LogP contribution in [0.25, 0.3) is 21.7 Å². The zero-order valence-electron chi connectivity index (χ0n) is 30.4. The maximum Gasteiger partial charge on any atom is 0.412 e. The number of sulfone groups is 1. The second-order valence-electron chi connectivity index (χ2n) is 12.9. The Morgan fingerprint density at radius 3 is 2.44 bits per heavy atom. The maximum absolute atomic E-state index is 13.9. The fourth-order valence-corrected chi connectivity index (χ4v) is 8.87. The van der Waals surface area contributed by atoms with E-state index in [1.54, 1.807) is 73.7 Å². The predicted octanol–water partition coefficient (Wildman–Crippen LogP) is 7.80. The van der Waals surface area contributed by atoms with Crippen molar-refractivity contribution in [2.75, 3.05) is 24.3 Å². The van der Waals surface area contributed by atoms with Crippen LogP contribution in [-0.4, -0.2) is 61.6 Å². The van der Waals surface area contributed by atoms with Crippen molar-refractivity contribution in [1.82, 2.24) is 9.88 Å². The van der Waals surface area contributed by atoms with Gasteiger partial charge in [-0.05, 0) is 66.1 Å². The summed E-state index contributed by atoms with van der Waals surface area (Å²) in [5.41, 5.74) is 5.36. The lowest BCUT2D eigenvalue weighted by Gasteiger charge is -2.28. The molecule has 12 nitrogen and oxygen atoms in total. The molecule has 284 valence electrons. The molecule has 0 bridgehead atoms. The van der Waals surface area contributed by atoms with Gasteiger partial charge >= 0.3 is 12.1 Å². The number of pyridine rings is 1. The number of para-hydroxylation sites is 1. The normalized spacial score (nSPS) is 12.6. The first-order valence-electron chi connectivity index (χ1n) is 17.9. The number of rotatable bonds is 18. The molecule has 0 aliphatic heterocycles. The van der Waals surface area contributed by atoms with Crippen LogP contribution in [0.5, 0.6) is 0 Å². The molecule has 2 aromatic heterocycles. The van der Waals surface area contributed by atoms with Crippen molar-refractivity contribution in [2.45, 2.75) is 69.4 Å². The second kappa shape index (κ2) is 18.2. The van der Waals surface area contributed by atoms with Crippen LogP contribution in [0.2, 0.25) is 0 Å². The largest absolute Gasteiger partial charge is 0.464 e. The third-order valence-corrected chi connectivity index (χ3v) is 11.8. The maximum atomic E-state index is 13.9. The zero-order chi connectivity index (χ0) is 38.7. The highest BCUT2D eigenvalue weighted by Gasteiger charge is 2.43. The van der Waals surface area contributed by atoms with Gasteiger partial charge in [-0.3, -0.25) is 25.4 Å². The molecule has 0 fully saturated rings. The lowest BCUT2D eigenvalue weighted by Crippen LogP contribution is -2.51. The quantitative estimate of drug-likeness (QED) is 0.0347. The number of ether oxygens (including phenoxy) is 2. The van der Waals surface area contributed by atoms with E-state index in [1.807, 2.05) is 0 Å². The van der Waals surface area contributed by atoms with E-state index in [4.69, 9.17) is 20.6 Å². The number of benzene rings is 3. The van der Waals surface area contributed by atoms with Gasteiger partial charge in [0.25, 0.3) is 5.91 Å². The lowest BCUT2D eigenvalue weighted by atomic mass is 9.90. The van der Waals surface area contributed by atoms with Gasteiger partial charge in [-0.15, -0.1) is 11.3 Å². The molecule has 4 N–H and O–H groups in total. The Morgan fingerprint density at radius 1 is 0.926 bits per heavy atom. The van der Waals surface area contributed by atoms with E-state index in [-0.39, 0.29) is 34.7 Å². The molecule has 1 unspecified atom stereocenters. The first kappa shape index (κ1) is 40.0. The Hall–Kier alpha value is -5.18. The first-order chi connectivity index (χ1) is 26.0. The van der Waals surface area contributed by atoms with Gasteiger partial charge in [0.05, 0.1) is 47.3 Å². The summed E-state index contributed by atoms with van der Waals surface area (Å²) in [5.74, 6) is -2.17. The number of esters is 1. The summed E-state index contributed by atoms with van der Waals surface area (Å²) in [6.45, 7) is 4.17.